The number of hydrogen-bond acceptors (Lipinski definition) is 7. The van der Waals surface area contributed by atoms with Gasteiger partial charge in [0, 0.05) is 14.1 Å². The number of rotatable bonds is 9. The Morgan fingerprint density at radius 3 is 1.43 bits per heavy atom. The first-order valence-electron chi connectivity index (χ1n) is 13.6. The summed E-state index contributed by atoms with van der Waals surface area (Å²) < 4.78 is 11.1. The van der Waals surface area contributed by atoms with Crippen LogP contribution in [0.3, 0.4) is 0 Å². The van der Waals surface area contributed by atoms with E-state index < -0.39 is 48.5 Å². The number of nitrogens with zero attached hydrogens (tertiary/aromatic N) is 2. The van der Waals surface area contributed by atoms with Crippen LogP contribution >= 0.6 is 6.89 Å². The van der Waals surface area contributed by atoms with E-state index in [1.165, 1.54) is 14.1 Å². The van der Waals surface area contributed by atoms with Crippen molar-refractivity contribution in [2.75, 3.05) is 27.3 Å². The minimum Gasteiger partial charge on any atom is -0.465 e. The zero-order chi connectivity index (χ0) is 30.4. The van der Waals surface area contributed by atoms with Gasteiger partial charge >= 0.3 is 18.0 Å². The number of carbonyl (C=O) groups is 5. The molecule has 1 atom stereocenters. The number of imide groups is 2. The minimum absolute atomic E-state index is 0.0267. The van der Waals surface area contributed by atoms with Gasteiger partial charge in [-0.2, -0.15) is 0 Å². The molecule has 42 heavy (non-hydrogen) atoms. The number of carbonyl (C=O) groups excluding carboxylic acids is 5. The van der Waals surface area contributed by atoms with E-state index in [1.54, 1.807) is 13.8 Å². The van der Waals surface area contributed by atoms with Gasteiger partial charge in [0.25, 0.3) is 0 Å². The topological polar surface area (TPSA) is 110 Å². The number of hydrogen-bond donors (Lipinski definition) is 0. The lowest BCUT2D eigenvalue weighted by molar-refractivity contribution is -0.159. The van der Waals surface area contributed by atoms with E-state index in [9.17, 15) is 24.0 Å². The Morgan fingerprint density at radius 1 is 0.690 bits per heavy atom. The van der Waals surface area contributed by atoms with Crippen LogP contribution in [0.25, 0.3) is 0 Å². The van der Waals surface area contributed by atoms with Gasteiger partial charge < -0.3 is 9.47 Å². The van der Waals surface area contributed by atoms with E-state index in [0.29, 0.717) is 15.9 Å². The lowest BCUT2D eigenvalue weighted by atomic mass is 9.85. The molecule has 0 bridgehead atoms. The molecular formula is C32H33N2O7P. The number of ether oxygens (including phenoxy) is 2. The lowest BCUT2D eigenvalue weighted by Gasteiger charge is -2.39. The monoisotopic (exact) mass is 588 g/mol. The fraction of sp³-hybridized carbons (Fsp3) is 0.250. The highest BCUT2D eigenvalue weighted by Gasteiger charge is 2.54. The fourth-order valence-corrected chi connectivity index (χ4v) is 9.95. The molecule has 10 heteroatoms. The van der Waals surface area contributed by atoms with Gasteiger partial charge in [-0.3, -0.25) is 24.2 Å². The van der Waals surface area contributed by atoms with Crippen LogP contribution in [0.1, 0.15) is 13.8 Å². The van der Waals surface area contributed by atoms with Gasteiger partial charge in [0.15, 0.2) is 0 Å². The van der Waals surface area contributed by atoms with Crippen molar-refractivity contribution < 1.29 is 33.4 Å². The van der Waals surface area contributed by atoms with Crippen LogP contribution in [0.15, 0.2) is 91.0 Å². The number of benzene rings is 3. The summed E-state index contributed by atoms with van der Waals surface area (Å²) in [5.41, 5.74) is 0. The molecule has 0 N–H and O–H groups in total. The zero-order valence-electron chi connectivity index (χ0n) is 23.9. The van der Waals surface area contributed by atoms with Gasteiger partial charge in [0.1, 0.15) is 11.8 Å². The first-order valence-corrected chi connectivity index (χ1v) is 15.4. The molecule has 1 saturated heterocycles. The van der Waals surface area contributed by atoms with Crippen molar-refractivity contribution in [1.29, 1.82) is 0 Å². The molecular weight excluding hydrogens is 555 g/mol. The van der Waals surface area contributed by atoms with Gasteiger partial charge in [-0.1, -0.05) is 91.0 Å². The third-order valence-electron chi connectivity index (χ3n) is 7.21. The third-order valence-corrected chi connectivity index (χ3v) is 11.6. The van der Waals surface area contributed by atoms with Crippen LogP contribution in [0.5, 0.6) is 0 Å². The van der Waals surface area contributed by atoms with Gasteiger partial charge in [-0.25, -0.2) is 9.59 Å². The molecule has 9 nitrogen and oxygen atoms in total. The van der Waals surface area contributed by atoms with Crippen molar-refractivity contribution in [3.8, 4) is 0 Å². The Balaban J connectivity index is 2.31. The fourth-order valence-electron chi connectivity index (χ4n) is 5.36. The highest BCUT2D eigenvalue weighted by atomic mass is 31.2. The predicted molar refractivity (Wildman–Crippen MR) is 161 cm³/mol. The Bertz CT molecular complexity index is 1410. The largest absolute Gasteiger partial charge is 0.465 e. The predicted octanol–water partition coefficient (Wildman–Crippen LogP) is 2.56. The molecule has 1 unspecified atom stereocenters. The van der Waals surface area contributed by atoms with Gasteiger partial charge in [-0.15, -0.1) is 0 Å². The highest BCUT2D eigenvalue weighted by molar-refractivity contribution is 7.96. The van der Waals surface area contributed by atoms with Gasteiger partial charge in [-0.05, 0) is 36.6 Å². The van der Waals surface area contributed by atoms with Crippen molar-refractivity contribution in [3.63, 3.8) is 0 Å². The molecule has 0 saturated carbocycles. The molecule has 1 aliphatic rings. The van der Waals surface area contributed by atoms with Crippen LogP contribution < -0.4 is 15.9 Å². The molecule has 3 aromatic carbocycles. The second-order valence-corrected chi connectivity index (χ2v) is 12.9. The zero-order valence-corrected chi connectivity index (χ0v) is 24.8. The summed E-state index contributed by atoms with van der Waals surface area (Å²) in [5, 5.41) is 2.05. The maximum absolute atomic E-state index is 14.4. The summed E-state index contributed by atoms with van der Waals surface area (Å²) in [6.45, 7) is -0.205. The number of barbiturate groups is 1. The standard InChI is InChI=1S/C32H33N2O7P/c1-5-40-30(37)25(26-28(35)33(3)32(39)34(4)29(26)36)27(31(38)41-6-2)42(22-16-10-7-11-17-22,23-18-12-8-13-19-23)24-20-14-9-15-21-24/h7-21,25-26H,5-6H2,1-4H3. The van der Waals surface area contributed by atoms with Crippen molar-refractivity contribution in [2.45, 2.75) is 13.8 Å². The van der Waals surface area contributed by atoms with Crippen LogP contribution in [0, 0.1) is 11.8 Å². The summed E-state index contributed by atoms with van der Waals surface area (Å²) in [4.78, 5) is 70.2. The number of esters is 2. The number of amides is 4. The molecule has 0 aromatic heterocycles. The number of urea groups is 1. The van der Waals surface area contributed by atoms with E-state index in [1.807, 2.05) is 91.0 Å². The van der Waals surface area contributed by atoms with Crippen molar-refractivity contribution >= 4 is 57.9 Å². The summed E-state index contributed by atoms with van der Waals surface area (Å²) in [6, 6.07) is 26.8. The van der Waals surface area contributed by atoms with E-state index >= 15 is 0 Å². The Hall–Kier alpha value is -4.49. The third kappa shape index (κ3) is 5.28. The molecule has 4 amide bonds. The Morgan fingerprint density at radius 2 is 1.07 bits per heavy atom. The average Bonchev–Trinajstić information content (AvgIpc) is 3.02. The molecule has 1 fully saturated rings. The van der Waals surface area contributed by atoms with Gasteiger partial charge in [0.05, 0.1) is 18.5 Å². The second kappa shape index (κ2) is 13.0. The average molecular weight is 589 g/mol. The van der Waals surface area contributed by atoms with Crippen molar-refractivity contribution in [3.05, 3.63) is 91.0 Å². The maximum atomic E-state index is 14.4. The maximum Gasteiger partial charge on any atom is 0.335 e. The Kier molecular flexibility index (Phi) is 9.43. The van der Waals surface area contributed by atoms with E-state index in [-0.39, 0.29) is 18.5 Å². The summed E-state index contributed by atoms with van der Waals surface area (Å²) >= 11 is 0. The minimum atomic E-state index is -3.34. The van der Waals surface area contributed by atoms with E-state index in [0.717, 1.165) is 9.80 Å². The summed E-state index contributed by atoms with van der Waals surface area (Å²) in [7, 11) is 2.47. The molecule has 1 heterocycles. The molecule has 4 rings (SSSR count). The quantitative estimate of drug-likeness (QED) is 0.215. The van der Waals surface area contributed by atoms with Crippen LogP contribution in [0.4, 0.5) is 4.79 Å². The molecule has 0 aliphatic carbocycles. The smallest absolute Gasteiger partial charge is 0.335 e. The lowest BCUT2D eigenvalue weighted by Crippen LogP contribution is -2.61. The van der Waals surface area contributed by atoms with Gasteiger partial charge in [0.2, 0.25) is 11.8 Å². The van der Waals surface area contributed by atoms with Crippen molar-refractivity contribution in [2.24, 2.45) is 11.8 Å². The highest BCUT2D eigenvalue weighted by Crippen LogP contribution is 2.49. The molecule has 218 valence electrons. The molecule has 1 aliphatic heterocycles. The normalized spacial score (nSPS) is 14.9. The molecule has 0 radical (unpaired) electrons. The van der Waals surface area contributed by atoms with Crippen LogP contribution in [-0.2, 0) is 28.7 Å². The Labute approximate surface area is 245 Å². The van der Waals surface area contributed by atoms with Crippen LogP contribution in [-0.4, -0.2) is 72.2 Å². The van der Waals surface area contributed by atoms with Crippen LogP contribution in [0.2, 0.25) is 0 Å². The summed E-state index contributed by atoms with van der Waals surface area (Å²) in [6.07, 6.45) is 0. The van der Waals surface area contributed by atoms with Crippen molar-refractivity contribution in [1.82, 2.24) is 9.80 Å². The first-order chi connectivity index (χ1) is 20.2. The first kappa shape index (κ1) is 30.5. The molecule has 3 aromatic rings. The summed E-state index contributed by atoms with van der Waals surface area (Å²) in [5.74, 6) is -7.02. The SMILES string of the molecule is CCOC(=O)C(C(C(=O)OCC)C1C(=O)N(C)C(=O)N(C)C1=O)=P(c1ccccc1)(c1ccccc1)c1ccccc1. The molecule has 0 spiro atoms. The van der Waals surface area contributed by atoms with E-state index in [2.05, 4.69) is 0 Å². The van der Waals surface area contributed by atoms with E-state index in [4.69, 9.17) is 9.47 Å². The second-order valence-electron chi connectivity index (χ2n) is 9.57.